The first-order chi connectivity index (χ1) is 13.5. The molecule has 1 N–H and O–H groups in total. The summed E-state index contributed by atoms with van der Waals surface area (Å²) in [6.45, 7) is 7.87. The van der Waals surface area contributed by atoms with Crippen molar-refractivity contribution in [1.29, 1.82) is 0 Å². The number of methoxy groups -OCH3 is 2. The number of thioether (sulfide) groups is 1. The molecule has 28 heavy (non-hydrogen) atoms. The molecule has 7 nitrogen and oxygen atoms in total. The van der Waals surface area contributed by atoms with Crippen LogP contribution in [0.5, 0.6) is 0 Å². The van der Waals surface area contributed by atoms with Crippen LogP contribution in [0, 0.1) is 5.92 Å². The number of carbonyl (C=O) groups excluding carboxylic acids is 1. The zero-order valence-electron chi connectivity index (χ0n) is 17.3. The number of benzene rings is 1. The van der Waals surface area contributed by atoms with Crippen molar-refractivity contribution in [3.8, 4) is 0 Å². The van der Waals surface area contributed by atoms with E-state index in [1.54, 1.807) is 26.0 Å². The molecule has 0 saturated heterocycles. The summed E-state index contributed by atoms with van der Waals surface area (Å²) >= 11 is 1.61. The van der Waals surface area contributed by atoms with Gasteiger partial charge in [0.15, 0.2) is 11.0 Å². The second-order valence-corrected chi connectivity index (χ2v) is 8.04. The monoisotopic (exact) mass is 406 g/mol. The van der Waals surface area contributed by atoms with Gasteiger partial charge in [-0.25, -0.2) is 0 Å². The van der Waals surface area contributed by atoms with Crippen molar-refractivity contribution in [3.05, 3.63) is 41.2 Å². The highest BCUT2D eigenvalue weighted by molar-refractivity contribution is 7.98. The van der Waals surface area contributed by atoms with E-state index in [9.17, 15) is 4.79 Å². The lowest BCUT2D eigenvalue weighted by molar-refractivity contribution is 0.0949. The van der Waals surface area contributed by atoms with Crippen molar-refractivity contribution >= 4 is 17.7 Å². The lowest BCUT2D eigenvalue weighted by Gasteiger charge is -2.17. The van der Waals surface area contributed by atoms with Crippen LogP contribution >= 0.6 is 11.8 Å². The summed E-state index contributed by atoms with van der Waals surface area (Å²) in [5.74, 6) is 1.91. The Hall–Kier alpha value is -1.90. The highest BCUT2D eigenvalue weighted by Gasteiger charge is 2.18. The van der Waals surface area contributed by atoms with Crippen molar-refractivity contribution in [3.63, 3.8) is 0 Å². The SMILES string of the molecule is COCc1nnc(SCc2ccc(C(=O)NCC(C)C)cc2)n1[C@@H](C)COC. The van der Waals surface area contributed by atoms with Gasteiger partial charge in [0.25, 0.3) is 5.91 Å². The number of hydrogen-bond donors (Lipinski definition) is 1. The second kappa shape index (κ2) is 11.2. The van der Waals surface area contributed by atoms with Gasteiger partial charge in [-0.3, -0.25) is 9.36 Å². The molecule has 0 saturated carbocycles. The van der Waals surface area contributed by atoms with Gasteiger partial charge in [0.05, 0.1) is 12.6 Å². The van der Waals surface area contributed by atoms with Crippen LogP contribution in [-0.2, 0) is 21.8 Å². The van der Waals surface area contributed by atoms with Gasteiger partial charge < -0.3 is 14.8 Å². The average molecular weight is 407 g/mol. The standard InChI is InChI=1S/C20H30N4O3S/c1-14(2)10-21-19(25)17-8-6-16(7-9-17)13-28-20-23-22-18(12-27-5)24(20)15(3)11-26-4/h6-9,14-15H,10-13H2,1-5H3,(H,21,25)/t15-/m0/s1. The van der Waals surface area contributed by atoms with Crippen LogP contribution in [0.3, 0.4) is 0 Å². The van der Waals surface area contributed by atoms with Crippen molar-refractivity contribution in [2.45, 2.75) is 44.3 Å². The maximum atomic E-state index is 12.1. The van der Waals surface area contributed by atoms with Crippen LogP contribution < -0.4 is 5.32 Å². The van der Waals surface area contributed by atoms with Gasteiger partial charge in [0.2, 0.25) is 0 Å². The lowest BCUT2D eigenvalue weighted by Crippen LogP contribution is -2.27. The summed E-state index contributed by atoms with van der Waals surface area (Å²) in [6, 6.07) is 7.79. The average Bonchev–Trinajstić information content (AvgIpc) is 3.08. The van der Waals surface area contributed by atoms with Gasteiger partial charge in [0.1, 0.15) is 6.61 Å². The Bertz CT molecular complexity index is 746. The zero-order chi connectivity index (χ0) is 20.5. The number of rotatable bonds is 11. The largest absolute Gasteiger partial charge is 0.383 e. The van der Waals surface area contributed by atoms with Crippen molar-refractivity contribution in [2.24, 2.45) is 5.92 Å². The number of hydrogen-bond acceptors (Lipinski definition) is 6. The third kappa shape index (κ3) is 6.32. The molecule has 0 aliphatic carbocycles. The number of aromatic nitrogens is 3. The van der Waals surface area contributed by atoms with Crippen molar-refractivity contribution in [2.75, 3.05) is 27.4 Å². The molecule has 1 atom stereocenters. The molecule has 0 fully saturated rings. The molecule has 0 radical (unpaired) electrons. The maximum absolute atomic E-state index is 12.1. The number of carbonyl (C=O) groups is 1. The van der Waals surface area contributed by atoms with E-state index in [1.165, 1.54) is 0 Å². The Balaban J connectivity index is 2.02. The van der Waals surface area contributed by atoms with Gasteiger partial charge in [-0.05, 0) is 30.5 Å². The Morgan fingerprint density at radius 3 is 2.46 bits per heavy atom. The summed E-state index contributed by atoms with van der Waals surface area (Å²) in [7, 11) is 3.33. The number of nitrogens with one attached hydrogen (secondary N) is 1. The van der Waals surface area contributed by atoms with E-state index in [-0.39, 0.29) is 11.9 Å². The fourth-order valence-corrected chi connectivity index (χ4v) is 3.70. The second-order valence-electron chi connectivity index (χ2n) is 7.10. The van der Waals surface area contributed by atoms with Gasteiger partial charge in [0, 0.05) is 32.1 Å². The van der Waals surface area contributed by atoms with Crippen LogP contribution in [0.25, 0.3) is 0 Å². The fourth-order valence-electron chi connectivity index (χ4n) is 2.69. The molecule has 0 unspecified atom stereocenters. The third-order valence-electron chi connectivity index (χ3n) is 4.11. The predicted octanol–water partition coefficient (Wildman–Crippen LogP) is 3.31. The lowest BCUT2D eigenvalue weighted by atomic mass is 10.1. The molecule has 1 aromatic carbocycles. The number of ether oxygens (including phenoxy) is 2. The van der Waals surface area contributed by atoms with Gasteiger partial charge >= 0.3 is 0 Å². The topological polar surface area (TPSA) is 78.3 Å². The smallest absolute Gasteiger partial charge is 0.251 e. The van der Waals surface area contributed by atoms with E-state index in [0.717, 1.165) is 22.3 Å². The van der Waals surface area contributed by atoms with E-state index in [4.69, 9.17) is 9.47 Å². The van der Waals surface area contributed by atoms with Gasteiger partial charge in [-0.2, -0.15) is 0 Å². The number of amides is 1. The molecule has 1 aromatic heterocycles. The van der Waals surface area contributed by atoms with E-state index in [1.807, 2.05) is 24.3 Å². The first-order valence-electron chi connectivity index (χ1n) is 9.37. The molecule has 0 aliphatic heterocycles. The Kier molecular flexibility index (Phi) is 8.95. The van der Waals surface area contributed by atoms with Crippen LogP contribution in [0.1, 0.15) is 48.6 Å². The minimum absolute atomic E-state index is 0.0368. The van der Waals surface area contributed by atoms with Crippen molar-refractivity contribution < 1.29 is 14.3 Å². The van der Waals surface area contributed by atoms with Crippen LogP contribution in [-0.4, -0.2) is 48.0 Å². The molecular formula is C20H30N4O3S. The Labute approximate surface area is 171 Å². The summed E-state index contributed by atoms with van der Waals surface area (Å²) in [4.78, 5) is 12.1. The number of nitrogens with zero attached hydrogens (tertiary/aromatic N) is 3. The third-order valence-corrected chi connectivity index (χ3v) is 5.13. The molecule has 1 heterocycles. The summed E-state index contributed by atoms with van der Waals surface area (Å²) < 4.78 is 12.6. The molecule has 0 aliphatic rings. The molecule has 1 amide bonds. The molecular weight excluding hydrogens is 376 g/mol. The first-order valence-corrected chi connectivity index (χ1v) is 10.4. The summed E-state index contributed by atoms with van der Waals surface area (Å²) in [5.41, 5.74) is 1.79. The van der Waals surface area contributed by atoms with E-state index in [0.29, 0.717) is 31.2 Å². The molecule has 8 heteroatoms. The molecule has 2 rings (SSSR count). The summed E-state index contributed by atoms with van der Waals surface area (Å²) in [5, 5.41) is 12.3. The van der Waals surface area contributed by atoms with Crippen LogP contribution in [0.15, 0.2) is 29.4 Å². The predicted molar refractivity (Wildman–Crippen MR) is 110 cm³/mol. The Morgan fingerprint density at radius 2 is 1.86 bits per heavy atom. The Morgan fingerprint density at radius 1 is 1.14 bits per heavy atom. The molecule has 2 aromatic rings. The van der Waals surface area contributed by atoms with Gasteiger partial charge in [-0.1, -0.05) is 37.7 Å². The quantitative estimate of drug-likeness (QED) is 0.577. The highest BCUT2D eigenvalue weighted by atomic mass is 32.2. The van der Waals surface area contributed by atoms with Crippen LogP contribution in [0.2, 0.25) is 0 Å². The zero-order valence-corrected chi connectivity index (χ0v) is 18.1. The van der Waals surface area contributed by atoms with Crippen LogP contribution in [0.4, 0.5) is 0 Å². The molecule has 0 spiro atoms. The van der Waals surface area contributed by atoms with E-state index < -0.39 is 0 Å². The van der Waals surface area contributed by atoms with Gasteiger partial charge in [-0.15, -0.1) is 10.2 Å². The van der Waals surface area contributed by atoms with Crippen molar-refractivity contribution in [1.82, 2.24) is 20.1 Å². The summed E-state index contributed by atoms with van der Waals surface area (Å²) in [6.07, 6.45) is 0. The highest BCUT2D eigenvalue weighted by Crippen LogP contribution is 2.25. The van der Waals surface area contributed by atoms with E-state index >= 15 is 0 Å². The minimum Gasteiger partial charge on any atom is -0.383 e. The normalized spacial score (nSPS) is 12.4. The van der Waals surface area contributed by atoms with E-state index in [2.05, 4.69) is 40.9 Å². The fraction of sp³-hybridized carbons (Fsp3) is 0.550. The minimum atomic E-state index is -0.0368. The first kappa shape index (κ1) is 22.4. The molecule has 154 valence electrons. The molecule has 0 bridgehead atoms. The maximum Gasteiger partial charge on any atom is 0.251 e.